The van der Waals surface area contributed by atoms with E-state index in [0.717, 1.165) is 10.6 Å². The van der Waals surface area contributed by atoms with Gasteiger partial charge >= 0.3 is 5.97 Å². The molecule has 0 aliphatic carbocycles. The van der Waals surface area contributed by atoms with Crippen LogP contribution in [-0.4, -0.2) is 41.6 Å². The summed E-state index contributed by atoms with van der Waals surface area (Å²) in [5, 5.41) is 8.83. The third-order valence-electron chi connectivity index (χ3n) is 2.43. The third kappa shape index (κ3) is 4.42. The summed E-state index contributed by atoms with van der Waals surface area (Å²) in [4.78, 5) is 14.8. The highest BCUT2D eigenvalue weighted by molar-refractivity contribution is 7.88. The van der Waals surface area contributed by atoms with E-state index in [1.165, 1.54) is 6.92 Å². The van der Waals surface area contributed by atoms with E-state index in [4.69, 9.17) is 5.11 Å². The molecular formula is C11H16N2O4S. The largest absolute Gasteiger partial charge is 0.481 e. The maximum atomic E-state index is 11.6. The van der Waals surface area contributed by atoms with Gasteiger partial charge in [-0.2, -0.15) is 4.31 Å². The second-order valence-electron chi connectivity index (χ2n) is 4.12. The molecule has 100 valence electrons. The van der Waals surface area contributed by atoms with Crippen molar-refractivity contribution in [2.75, 3.05) is 12.8 Å². The first-order valence-corrected chi connectivity index (χ1v) is 7.23. The Bertz CT molecular complexity index is 501. The number of aromatic nitrogens is 1. The molecule has 0 radical (unpaired) electrons. The Kier molecular flexibility index (Phi) is 4.80. The first kappa shape index (κ1) is 14.6. The van der Waals surface area contributed by atoms with Crippen molar-refractivity contribution in [2.24, 2.45) is 5.92 Å². The van der Waals surface area contributed by atoms with E-state index >= 15 is 0 Å². The van der Waals surface area contributed by atoms with Crippen LogP contribution in [0.1, 0.15) is 12.6 Å². The van der Waals surface area contributed by atoms with Crippen LogP contribution in [-0.2, 0) is 21.4 Å². The fourth-order valence-electron chi connectivity index (χ4n) is 1.37. The van der Waals surface area contributed by atoms with Gasteiger partial charge in [0, 0.05) is 12.7 Å². The molecule has 0 aromatic carbocycles. The molecule has 1 aromatic heterocycles. The lowest BCUT2D eigenvalue weighted by Gasteiger charge is -2.21. The number of nitrogens with zero attached hydrogens (tertiary/aromatic N) is 2. The third-order valence-corrected chi connectivity index (χ3v) is 3.65. The SMILES string of the molecule is CC(CN(Cc1ccccn1)S(C)(=O)=O)C(=O)O. The van der Waals surface area contributed by atoms with Crippen molar-refractivity contribution in [1.82, 2.24) is 9.29 Å². The van der Waals surface area contributed by atoms with Crippen LogP contribution in [0.2, 0.25) is 0 Å². The molecule has 0 bridgehead atoms. The summed E-state index contributed by atoms with van der Waals surface area (Å²) in [5.74, 6) is -1.78. The van der Waals surface area contributed by atoms with Crippen LogP contribution >= 0.6 is 0 Å². The lowest BCUT2D eigenvalue weighted by atomic mass is 10.2. The van der Waals surface area contributed by atoms with Gasteiger partial charge in [0.05, 0.1) is 24.4 Å². The summed E-state index contributed by atoms with van der Waals surface area (Å²) >= 11 is 0. The Hall–Kier alpha value is -1.47. The minimum Gasteiger partial charge on any atom is -0.481 e. The fraction of sp³-hybridized carbons (Fsp3) is 0.455. The maximum Gasteiger partial charge on any atom is 0.307 e. The van der Waals surface area contributed by atoms with Crippen LogP contribution in [0.3, 0.4) is 0 Å². The molecule has 7 heteroatoms. The van der Waals surface area contributed by atoms with Gasteiger partial charge in [0.1, 0.15) is 0 Å². The molecule has 0 aliphatic rings. The number of hydrogen-bond acceptors (Lipinski definition) is 4. The van der Waals surface area contributed by atoms with E-state index in [1.807, 2.05) is 0 Å². The van der Waals surface area contributed by atoms with Crippen molar-refractivity contribution in [3.05, 3.63) is 30.1 Å². The normalized spacial score (nSPS) is 13.5. The number of pyridine rings is 1. The van der Waals surface area contributed by atoms with Gasteiger partial charge in [0.15, 0.2) is 0 Å². The second kappa shape index (κ2) is 5.92. The van der Waals surface area contributed by atoms with Crippen LogP contribution in [0, 0.1) is 5.92 Å². The number of sulfonamides is 1. The number of carboxylic acid groups (broad SMARTS) is 1. The minimum absolute atomic E-state index is 0.0647. The predicted octanol–water partition coefficient (Wildman–Crippen LogP) is 0.564. The zero-order chi connectivity index (χ0) is 13.8. The molecule has 6 nitrogen and oxygen atoms in total. The molecule has 0 saturated carbocycles. The zero-order valence-corrected chi connectivity index (χ0v) is 11.1. The number of aliphatic carboxylic acids is 1. The van der Waals surface area contributed by atoms with E-state index in [-0.39, 0.29) is 13.1 Å². The van der Waals surface area contributed by atoms with Gasteiger partial charge in [0.2, 0.25) is 10.0 Å². The second-order valence-corrected chi connectivity index (χ2v) is 6.10. The Balaban J connectivity index is 2.84. The summed E-state index contributed by atoms with van der Waals surface area (Å²) in [6, 6.07) is 5.18. The monoisotopic (exact) mass is 272 g/mol. The quantitative estimate of drug-likeness (QED) is 0.817. The number of hydrogen-bond donors (Lipinski definition) is 1. The van der Waals surface area contributed by atoms with Gasteiger partial charge in [-0.1, -0.05) is 13.0 Å². The maximum absolute atomic E-state index is 11.6. The molecule has 0 spiro atoms. The Morgan fingerprint density at radius 3 is 2.61 bits per heavy atom. The molecule has 1 N–H and O–H groups in total. The number of carbonyl (C=O) groups is 1. The van der Waals surface area contributed by atoms with Gasteiger partial charge in [0.25, 0.3) is 0 Å². The average molecular weight is 272 g/mol. The molecule has 0 saturated heterocycles. The molecule has 1 aromatic rings. The predicted molar refractivity (Wildman–Crippen MR) is 66.3 cm³/mol. The van der Waals surface area contributed by atoms with Crippen LogP contribution in [0.15, 0.2) is 24.4 Å². The van der Waals surface area contributed by atoms with Crippen molar-refractivity contribution in [1.29, 1.82) is 0 Å². The molecule has 0 amide bonds. The molecule has 1 heterocycles. The van der Waals surface area contributed by atoms with Gasteiger partial charge < -0.3 is 5.11 Å². The fourth-order valence-corrected chi connectivity index (χ4v) is 2.23. The highest BCUT2D eigenvalue weighted by Crippen LogP contribution is 2.09. The van der Waals surface area contributed by atoms with Gasteiger partial charge in [-0.25, -0.2) is 8.42 Å². The van der Waals surface area contributed by atoms with Gasteiger partial charge in [-0.05, 0) is 12.1 Å². The van der Waals surface area contributed by atoms with Crippen molar-refractivity contribution < 1.29 is 18.3 Å². The topological polar surface area (TPSA) is 87.6 Å². The molecule has 1 rings (SSSR count). The van der Waals surface area contributed by atoms with Crippen molar-refractivity contribution in [3.63, 3.8) is 0 Å². The van der Waals surface area contributed by atoms with Crippen molar-refractivity contribution >= 4 is 16.0 Å². The highest BCUT2D eigenvalue weighted by Gasteiger charge is 2.23. The molecule has 0 aliphatic heterocycles. The summed E-state index contributed by atoms with van der Waals surface area (Å²) in [6.07, 6.45) is 2.63. The molecule has 18 heavy (non-hydrogen) atoms. The lowest BCUT2D eigenvalue weighted by Crippen LogP contribution is -2.35. The van der Waals surface area contributed by atoms with E-state index in [9.17, 15) is 13.2 Å². The van der Waals surface area contributed by atoms with Gasteiger partial charge in [-0.15, -0.1) is 0 Å². The minimum atomic E-state index is -3.46. The first-order chi connectivity index (χ1) is 8.30. The van der Waals surface area contributed by atoms with Crippen LogP contribution in [0.4, 0.5) is 0 Å². The summed E-state index contributed by atoms with van der Waals surface area (Å²) in [6.45, 7) is 1.49. The van der Waals surface area contributed by atoms with Crippen LogP contribution in [0.25, 0.3) is 0 Å². The van der Waals surface area contributed by atoms with E-state index in [2.05, 4.69) is 4.98 Å². The Morgan fingerprint density at radius 1 is 1.50 bits per heavy atom. The van der Waals surface area contributed by atoms with Crippen LogP contribution in [0.5, 0.6) is 0 Å². The lowest BCUT2D eigenvalue weighted by molar-refractivity contribution is -0.141. The average Bonchev–Trinajstić information content (AvgIpc) is 2.28. The summed E-state index contributed by atoms with van der Waals surface area (Å²) in [5.41, 5.74) is 0.584. The molecule has 1 atom stereocenters. The molecular weight excluding hydrogens is 256 g/mol. The van der Waals surface area contributed by atoms with Crippen molar-refractivity contribution in [2.45, 2.75) is 13.5 Å². The van der Waals surface area contributed by atoms with Gasteiger partial charge in [-0.3, -0.25) is 9.78 Å². The standard InChI is InChI=1S/C11H16N2O4S/c1-9(11(14)15)7-13(18(2,16)17)8-10-5-3-4-6-12-10/h3-6,9H,7-8H2,1-2H3,(H,14,15). The molecule has 0 fully saturated rings. The Morgan fingerprint density at radius 2 is 2.17 bits per heavy atom. The Labute approximate surface area is 106 Å². The number of carboxylic acids is 1. The first-order valence-electron chi connectivity index (χ1n) is 5.38. The summed E-state index contributed by atoms with van der Waals surface area (Å²) < 4.78 is 24.3. The highest BCUT2D eigenvalue weighted by atomic mass is 32.2. The summed E-state index contributed by atoms with van der Waals surface area (Å²) in [7, 11) is -3.46. The van der Waals surface area contributed by atoms with Crippen LogP contribution < -0.4 is 0 Å². The van der Waals surface area contributed by atoms with Crippen molar-refractivity contribution in [3.8, 4) is 0 Å². The van der Waals surface area contributed by atoms with E-state index in [0.29, 0.717) is 5.69 Å². The number of rotatable bonds is 6. The van der Waals surface area contributed by atoms with E-state index in [1.54, 1.807) is 24.4 Å². The molecule has 1 unspecified atom stereocenters. The zero-order valence-electron chi connectivity index (χ0n) is 10.3. The van der Waals surface area contributed by atoms with E-state index < -0.39 is 21.9 Å². The smallest absolute Gasteiger partial charge is 0.307 e.